The zero-order chi connectivity index (χ0) is 15.3. The largest absolute Gasteiger partial charge is 0.497 e. The Morgan fingerprint density at radius 1 is 1.30 bits per heavy atom. The van der Waals surface area contributed by atoms with E-state index >= 15 is 0 Å². The summed E-state index contributed by atoms with van der Waals surface area (Å²) in [5.74, 6) is -2.38. The van der Waals surface area contributed by atoms with Gasteiger partial charge in [-0.15, -0.1) is 0 Å². The Balaban J connectivity index is 3.06. The molecule has 0 aliphatic rings. The summed E-state index contributed by atoms with van der Waals surface area (Å²) in [6, 6.07) is 3.00. The molecule has 0 aromatic heterocycles. The maximum atomic E-state index is 12.8. The molecule has 0 spiro atoms. The zero-order valence-corrected chi connectivity index (χ0v) is 10.2. The number of hydrogen-bond acceptors (Lipinski definition) is 3. The molecule has 0 bridgehead atoms. The fourth-order valence-electron chi connectivity index (χ4n) is 1.32. The minimum atomic E-state index is -4.69. The van der Waals surface area contributed by atoms with Crippen LogP contribution in [-0.4, -0.2) is 24.1 Å². The van der Waals surface area contributed by atoms with E-state index in [0.29, 0.717) is 12.2 Å². The molecule has 0 fully saturated rings. The van der Waals surface area contributed by atoms with Gasteiger partial charge in [0.1, 0.15) is 5.75 Å². The first-order valence-corrected chi connectivity index (χ1v) is 5.21. The fraction of sp³-hybridized carbons (Fsp3) is 0.167. The SMILES string of the molecule is COc1ccc(NC(=O)/C=C/C(=O)O)c(C(F)(F)F)c1. The normalized spacial score (nSPS) is 11.4. The van der Waals surface area contributed by atoms with Crippen molar-refractivity contribution in [2.45, 2.75) is 6.18 Å². The molecule has 20 heavy (non-hydrogen) atoms. The van der Waals surface area contributed by atoms with Crippen LogP contribution in [0, 0.1) is 0 Å². The number of hydrogen-bond donors (Lipinski definition) is 2. The predicted octanol–water partition coefficient (Wildman–Crippen LogP) is 2.29. The van der Waals surface area contributed by atoms with E-state index in [1.807, 2.05) is 5.32 Å². The first-order valence-electron chi connectivity index (χ1n) is 5.21. The van der Waals surface area contributed by atoms with Gasteiger partial charge in [0, 0.05) is 12.2 Å². The Kier molecular flexibility index (Phi) is 4.73. The van der Waals surface area contributed by atoms with Crippen molar-refractivity contribution in [3.05, 3.63) is 35.9 Å². The van der Waals surface area contributed by atoms with Gasteiger partial charge in [-0.2, -0.15) is 13.2 Å². The van der Waals surface area contributed by atoms with E-state index in [1.165, 1.54) is 13.2 Å². The van der Waals surface area contributed by atoms with Gasteiger partial charge < -0.3 is 15.2 Å². The lowest BCUT2D eigenvalue weighted by Gasteiger charge is -2.14. The van der Waals surface area contributed by atoms with E-state index < -0.39 is 29.3 Å². The highest BCUT2D eigenvalue weighted by Gasteiger charge is 2.34. The van der Waals surface area contributed by atoms with Gasteiger partial charge in [0.25, 0.3) is 0 Å². The first-order chi connectivity index (χ1) is 9.24. The Morgan fingerprint density at radius 2 is 1.95 bits per heavy atom. The smallest absolute Gasteiger partial charge is 0.418 e. The van der Waals surface area contributed by atoms with Crippen molar-refractivity contribution < 1.29 is 32.6 Å². The second-order valence-electron chi connectivity index (χ2n) is 3.57. The number of carbonyl (C=O) groups is 2. The van der Waals surface area contributed by atoms with Crippen LogP contribution in [0.1, 0.15) is 5.56 Å². The highest BCUT2D eigenvalue weighted by Crippen LogP contribution is 2.37. The van der Waals surface area contributed by atoms with Gasteiger partial charge in [-0.3, -0.25) is 4.79 Å². The van der Waals surface area contributed by atoms with Crippen molar-refractivity contribution in [3.8, 4) is 5.75 Å². The van der Waals surface area contributed by atoms with Crippen LogP contribution in [0.3, 0.4) is 0 Å². The van der Waals surface area contributed by atoms with Crippen molar-refractivity contribution in [1.82, 2.24) is 0 Å². The Morgan fingerprint density at radius 3 is 2.45 bits per heavy atom. The molecule has 1 aromatic carbocycles. The molecule has 5 nitrogen and oxygen atoms in total. The topological polar surface area (TPSA) is 75.6 Å². The Bertz CT molecular complexity index is 552. The van der Waals surface area contributed by atoms with Crippen molar-refractivity contribution >= 4 is 17.6 Å². The summed E-state index contributed by atoms with van der Waals surface area (Å²) >= 11 is 0. The van der Waals surface area contributed by atoms with E-state index in [9.17, 15) is 22.8 Å². The molecule has 0 atom stereocenters. The quantitative estimate of drug-likeness (QED) is 0.834. The maximum absolute atomic E-state index is 12.8. The lowest BCUT2D eigenvalue weighted by Crippen LogP contribution is -2.15. The maximum Gasteiger partial charge on any atom is 0.418 e. The summed E-state index contributed by atoms with van der Waals surface area (Å²) in [4.78, 5) is 21.5. The standard InChI is InChI=1S/C12H10F3NO4/c1-20-7-2-3-9(8(6-7)12(13,14)15)16-10(17)4-5-11(18)19/h2-6H,1H3,(H,16,17)(H,18,19)/b5-4+. The van der Waals surface area contributed by atoms with Crippen LogP contribution < -0.4 is 10.1 Å². The van der Waals surface area contributed by atoms with E-state index in [1.54, 1.807) is 0 Å². The lowest BCUT2D eigenvalue weighted by molar-refractivity contribution is -0.137. The second-order valence-corrected chi connectivity index (χ2v) is 3.57. The average Bonchev–Trinajstić information content (AvgIpc) is 2.35. The number of anilines is 1. The third-order valence-electron chi connectivity index (χ3n) is 2.17. The molecule has 1 amide bonds. The lowest BCUT2D eigenvalue weighted by atomic mass is 10.1. The summed E-state index contributed by atoms with van der Waals surface area (Å²) in [5.41, 5.74) is -1.58. The van der Waals surface area contributed by atoms with Gasteiger partial charge in [0.2, 0.25) is 5.91 Å². The molecule has 0 saturated heterocycles. The summed E-state index contributed by atoms with van der Waals surface area (Å²) in [6.45, 7) is 0. The molecule has 8 heteroatoms. The molecule has 0 radical (unpaired) electrons. The number of amides is 1. The van der Waals surface area contributed by atoms with E-state index in [2.05, 4.69) is 4.74 Å². The number of halogens is 3. The van der Waals surface area contributed by atoms with Crippen LogP contribution in [0.25, 0.3) is 0 Å². The van der Waals surface area contributed by atoms with Gasteiger partial charge in [-0.05, 0) is 18.2 Å². The third kappa shape index (κ3) is 4.30. The Labute approximate surface area is 111 Å². The van der Waals surface area contributed by atoms with Crippen LogP contribution in [0.2, 0.25) is 0 Å². The van der Waals surface area contributed by atoms with Crippen molar-refractivity contribution in [2.24, 2.45) is 0 Å². The van der Waals surface area contributed by atoms with Gasteiger partial charge in [-0.1, -0.05) is 0 Å². The van der Waals surface area contributed by atoms with Crippen molar-refractivity contribution in [1.29, 1.82) is 0 Å². The number of benzene rings is 1. The highest BCUT2D eigenvalue weighted by atomic mass is 19.4. The summed E-state index contributed by atoms with van der Waals surface area (Å²) in [6.07, 6.45) is -3.55. The molecule has 0 saturated carbocycles. The van der Waals surface area contributed by atoms with Gasteiger partial charge in [0.05, 0.1) is 18.4 Å². The molecule has 1 rings (SSSR count). The number of methoxy groups -OCH3 is 1. The molecule has 0 heterocycles. The van der Waals surface area contributed by atoms with Crippen LogP contribution >= 0.6 is 0 Å². The number of carboxylic acid groups (broad SMARTS) is 1. The second kappa shape index (κ2) is 6.09. The van der Waals surface area contributed by atoms with E-state index in [4.69, 9.17) is 5.11 Å². The van der Waals surface area contributed by atoms with Crippen LogP contribution in [0.5, 0.6) is 5.75 Å². The van der Waals surface area contributed by atoms with Gasteiger partial charge in [0.15, 0.2) is 0 Å². The van der Waals surface area contributed by atoms with Crippen LogP contribution in [0.4, 0.5) is 18.9 Å². The molecular weight excluding hydrogens is 279 g/mol. The molecule has 1 aromatic rings. The molecule has 108 valence electrons. The monoisotopic (exact) mass is 289 g/mol. The number of nitrogens with one attached hydrogen (secondary N) is 1. The van der Waals surface area contributed by atoms with Crippen LogP contribution in [0.15, 0.2) is 30.4 Å². The van der Waals surface area contributed by atoms with Crippen molar-refractivity contribution in [3.63, 3.8) is 0 Å². The average molecular weight is 289 g/mol. The summed E-state index contributed by atoms with van der Waals surface area (Å²) < 4.78 is 43.1. The van der Waals surface area contributed by atoms with Crippen LogP contribution in [-0.2, 0) is 15.8 Å². The minimum absolute atomic E-state index is 0.0172. The number of rotatable bonds is 4. The number of carbonyl (C=O) groups excluding carboxylic acids is 1. The van der Waals surface area contributed by atoms with Gasteiger partial charge in [-0.25, -0.2) is 4.79 Å². The zero-order valence-electron chi connectivity index (χ0n) is 10.2. The molecule has 2 N–H and O–H groups in total. The number of carboxylic acids is 1. The minimum Gasteiger partial charge on any atom is -0.497 e. The molecule has 0 aliphatic heterocycles. The molecule has 0 unspecified atom stereocenters. The number of ether oxygens (including phenoxy) is 1. The predicted molar refractivity (Wildman–Crippen MR) is 63.4 cm³/mol. The van der Waals surface area contributed by atoms with Crippen molar-refractivity contribution in [2.75, 3.05) is 12.4 Å². The summed E-state index contributed by atoms with van der Waals surface area (Å²) in [7, 11) is 1.21. The van der Waals surface area contributed by atoms with E-state index in [-0.39, 0.29) is 5.75 Å². The van der Waals surface area contributed by atoms with Gasteiger partial charge >= 0.3 is 12.1 Å². The first kappa shape index (κ1) is 15.5. The van der Waals surface area contributed by atoms with E-state index in [0.717, 1.165) is 12.1 Å². The number of aliphatic carboxylic acids is 1. The Hall–Kier alpha value is -2.51. The molecular formula is C12H10F3NO4. The molecule has 0 aliphatic carbocycles. The fourth-order valence-corrected chi connectivity index (χ4v) is 1.32. The summed E-state index contributed by atoms with van der Waals surface area (Å²) in [5, 5.41) is 10.3. The third-order valence-corrected chi connectivity index (χ3v) is 2.17. The highest BCUT2D eigenvalue weighted by molar-refractivity contribution is 6.02. The number of alkyl halides is 3.